The van der Waals surface area contributed by atoms with E-state index in [2.05, 4.69) is 12.2 Å². The molecule has 3 atom stereocenters. The van der Waals surface area contributed by atoms with Gasteiger partial charge in [-0.1, -0.05) is 13.3 Å². The van der Waals surface area contributed by atoms with Crippen LogP contribution in [0.4, 0.5) is 0 Å². The summed E-state index contributed by atoms with van der Waals surface area (Å²) < 4.78 is 26.8. The van der Waals surface area contributed by atoms with E-state index < -0.39 is 10.0 Å². The van der Waals surface area contributed by atoms with Gasteiger partial charge in [0.05, 0.1) is 5.75 Å². The van der Waals surface area contributed by atoms with E-state index in [1.54, 1.807) is 4.31 Å². The Morgan fingerprint density at radius 2 is 2.06 bits per heavy atom. The van der Waals surface area contributed by atoms with Crippen LogP contribution in [0.5, 0.6) is 0 Å². The fourth-order valence-electron chi connectivity index (χ4n) is 3.12. The van der Waals surface area contributed by atoms with Crippen molar-refractivity contribution in [1.82, 2.24) is 9.62 Å². The highest BCUT2D eigenvalue weighted by Gasteiger charge is 2.35. The van der Waals surface area contributed by atoms with Gasteiger partial charge in [-0.15, -0.1) is 0 Å². The second-order valence-electron chi connectivity index (χ2n) is 5.84. The fourth-order valence-corrected chi connectivity index (χ4v) is 5.19. The zero-order valence-corrected chi connectivity index (χ0v) is 12.4. The number of nitrogens with one attached hydrogen (secondary N) is 1. The first-order chi connectivity index (χ1) is 8.53. The van der Waals surface area contributed by atoms with E-state index >= 15 is 0 Å². The molecule has 0 spiro atoms. The van der Waals surface area contributed by atoms with E-state index in [1.165, 1.54) is 6.42 Å². The number of hydrogen-bond acceptors (Lipinski definition) is 3. The lowest BCUT2D eigenvalue weighted by Crippen LogP contribution is -2.48. The molecule has 2 fully saturated rings. The molecular formula is C13H26N2O2S. The van der Waals surface area contributed by atoms with Crippen LogP contribution in [0.2, 0.25) is 0 Å². The van der Waals surface area contributed by atoms with Gasteiger partial charge in [0, 0.05) is 18.6 Å². The van der Waals surface area contributed by atoms with E-state index in [0.717, 1.165) is 38.8 Å². The van der Waals surface area contributed by atoms with Gasteiger partial charge in [0.2, 0.25) is 10.0 Å². The van der Waals surface area contributed by atoms with Crippen molar-refractivity contribution in [3.8, 4) is 0 Å². The topological polar surface area (TPSA) is 49.4 Å². The van der Waals surface area contributed by atoms with Crippen LogP contribution in [0.25, 0.3) is 0 Å². The Balaban J connectivity index is 2.02. The van der Waals surface area contributed by atoms with Gasteiger partial charge in [0.1, 0.15) is 0 Å². The van der Waals surface area contributed by atoms with Gasteiger partial charge in [-0.05, 0) is 45.1 Å². The molecule has 3 unspecified atom stereocenters. The molecule has 4 nitrogen and oxygen atoms in total. The van der Waals surface area contributed by atoms with Crippen LogP contribution in [0.3, 0.4) is 0 Å². The molecule has 2 aliphatic heterocycles. The quantitative estimate of drug-likeness (QED) is 0.847. The average molecular weight is 274 g/mol. The molecule has 0 aromatic carbocycles. The van der Waals surface area contributed by atoms with Gasteiger partial charge in [-0.2, -0.15) is 4.31 Å². The van der Waals surface area contributed by atoms with Crippen LogP contribution in [0.1, 0.15) is 46.0 Å². The maximum Gasteiger partial charge on any atom is 0.215 e. The molecular weight excluding hydrogens is 248 g/mol. The molecule has 2 aliphatic rings. The number of rotatable bonds is 4. The summed E-state index contributed by atoms with van der Waals surface area (Å²) in [4.78, 5) is 0. The summed E-state index contributed by atoms with van der Waals surface area (Å²) in [5.41, 5.74) is 0. The Bertz CT molecular complexity index is 363. The molecule has 0 aliphatic carbocycles. The maximum atomic E-state index is 12.5. The molecule has 2 saturated heterocycles. The second-order valence-corrected chi connectivity index (χ2v) is 7.81. The van der Waals surface area contributed by atoms with Crippen molar-refractivity contribution >= 4 is 10.0 Å². The summed E-state index contributed by atoms with van der Waals surface area (Å²) in [6.45, 7) is 5.90. The molecule has 0 bridgehead atoms. The van der Waals surface area contributed by atoms with E-state index in [1.807, 2.05) is 6.92 Å². The number of nitrogens with zero attached hydrogens (tertiary/aromatic N) is 1. The SMILES string of the molecule is CCC1CCC(C)N(S(=O)(=O)CC2CCCN2)C1. The highest BCUT2D eigenvalue weighted by Crippen LogP contribution is 2.27. The number of hydrogen-bond donors (Lipinski definition) is 1. The van der Waals surface area contributed by atoms with E-state index in [0.29, 0.717) is 5.92 Å². The normalized spacial score (nSPS) is 34.9. The largest absolute Gasteiger partial charge is 0.313 e. The van der Waals surface area contributed by atoms with Crippen molar-refractivity contribution in [2.75, 3.05) is 18.8 Å². The minimum Gasteiger partial charge on any atom is -0.313 e. The predicted molar refractivity (Wildman–Crippen MR) is 74.0 cm³/mol. The smallest absolute Gasteiger partial charge is 0.215 e. The Hall–Kier alpha value is -0.130. The first kappa shape index (κ1) is 14.3. The second kappa shape index (κ2) is 5.88. The van der Waals surface area contributed by atoms with Gasteiger partial charge < -0.3 is 5.32 Å². The minimum atomic E-state index is -3.09. The van der Waals surface area contributed by atoms with Gasteiger partial charge in [-0.25, -0.2) is 8.42 Å². The standard InChI is InChI=1S/C13H26N2O2S/c1-3-12-7-6-11(2)15(9-12)18(16,17)10-13-5-4-8-14-13/h11-14H,3-10H2,1-2H3. The van der Waals surface area contributed by atoms with E-state index in [-0.39, 0.29) is 17.8 Å². The zero-order valence-electron chi connectivity index (χ0n) is 11.6. The molecule has 106 valence electrons. The molecule has 18 heavy (non-hydrogen) atoms. The van der Waals surface area contributed by atoms with E-state index in [9.17, 15) is 8.42 Å². The van der Waals surface area contributed by atoms with Crippen molar-refractivity contribution in [3.63, 3.8) is 0 Å². The highest BCUT2D eigenvalue weighted by molar-refractivity contribution is 7.89. The molecule has 1 N–H and O–H groups in total. The minimum absolute atomic E-state index is 0.171. The van der Waals surface area contributed by atoms with Crippen LogP contribution >= 0.6 is 0 Å². The molecule has 0 aromatic rings. The number of piperidine rings is 1. The molecule has 2 rings (SSSR count). The van der Waals surface area contributed by atoms with Crippen LogP contribution in [-0.4, -0.2) is 43.6 Å². The van der Waals surface area contributed by atoms with Crippen molar-refractivity contribution < 1.29 is 8.42 Å². The fraction of sp³-hybridized carbons (Fsp3) is 1.00. The first-order valence-corrected chi connectivity index (χ1v) is 8.86. The Kier molecular flexibility index (Phi) is 4.67. The summed E-state index contributed by atoms with van der Waals surface area (Å²) in [7, 11) is -3.09. The Morgan fingerprint density at radius 1 is 1.28 bits per heavy atom. The molecule has 0 aromatic heterocycles. The van der Waals surface area contributed by atoms with E-state index in [4.69, 9.17) is 0 Å². The van der Waals surface area contributed by atoms with Crippen molar-refractivity contribution in [2.45, 2.75) is 58.0 Å². The highest BCUT2D eigenvalue weighted by atomic mass is 32.2. The lowest BCUT2D eigenvalue weighted by Gasteiger charge is -2.37. The van der Waals surface area contributed by atoms with Gasteiger partial charge in [0.25, 0.3) is 0 Å². The number of sulfonamides is 1. The van der Waals surface area contributed by atoms with Gasteiger partial charge in [0.15, 0.2) is 0 Å². The molecule has 0 amide bonds. The lowest BCUT2D eigenvalue weighted by molar-refractivity contribution is 0.203. The molecule has 0 saturated carbocycles. The summed E-state index contributed by atoms with van der Waals surface area (Å²) >= 11 is 0. The third-order valence-corrected chi connectivity index (χ3v) is 6.48. The summed E-state index contributed by atoms with van der Waals surface area (Å²) in [6.07, 6.45) is 5.37. The van der Waals surface area contributed by atoms with Gasteiger partial charge in [-0.3, -0.25) is 0 Å². The summed E-state index contributed by atoms with van der Waals surface area (Å²) in [5, 5.41) is 3.29. The Labute approximate surface area is 111 Å². The average Bonchev–Trinajstić information content (AvgIpc) is 2.81. The third kappa shape index (κ3) is 3.25. The third-order valence-electron chi connectivity index (χ3n) is 4.43. The van der Waals surface area contributed by atoms with Crippen LogP contribution < -0.4 is 5.32 Å². The first-order valence-electron chi connectivity index (χ1n) is 7.26. The van der Waals surface area contributed by atoms with Crippen LogP contribution in [0, 0.1) is 5.92 Å². The van der Waals surface area contributed by atoms with Crippen LogP contribution in [-0.2, 0) is 10.0 Å². The zero-order chi connectivity index (χ0) is 13.2. The van der Waals surface area contributed by atoms with Crippen LogP contribution in [0.15, 0.2) is 0 Å². The lowest BCUT2D eigenvalue weighted by atomic mass is 9.93. The van der Waals surface area contributed by atoms with Gasteiger partial charge >= 0.3 is 0 Å². The Morgan fingerprint density at radius 3 is 2.67 bits per heavy atom. The molecule has 0 radical (unpaired) electrons. The van der Waals surface area contributed by atoms with Crippen molar-refractivity contribution in [2.24, 2.45) is 5.92 Å². The predicted octanol–water partition coefficient (Wildman–Crippen LogP) is 1.58. The summed E-state index contributed by atoms with van der Waals surface area (Å²) in [6, 6.07) is 0.350. The van der Waals surface area contributed by atoms with Crippen molar-refractivity contribution in [3.05, 3.63) is 0 Å². The maximum absolute atomic E-state index is 12.5. The van der Waals surface area contributed by atoms with Crippen molar-refractivity contribution in [1.29, 1.82) is 0 Å². The summed E-state index contributed by atoms with van der Waals surface area (Å²) in [5.74, 6) is 0.834. The monoisotopic (exact) mass is 274 g/mol. The molecule has 2 heterocycles. The molecule has 5 heteroatoms.